The molecule has 5 heteroatoms. The number of hydrogen-bond donors (Lipinski definition) is 0. The summed E-state index contributed by atoms with van der Waals surface area (Å²) in [7, 11) is 0. The third kappa shape index (κ3) is 9.54. The molecule has 0 N–H and O–H groups in total. The Labute approximate surface area is 278 Å². The van der Waals surface area contributed by atoms with Crippen LogP contribution < -0.4 is 0 Å². The number of alkyl halides is 3. The molecule has 46 heavy (non-hydrogen) atoms. The highest BCUT2D eigenvalue weighted by atomic mass is 19.4. The lowest BCUT2D eigenvalue weighted by molar-refractivity contribution is -0.0689. The van der Waals surface area contributed by atoms with E-state index in [0.717, 1.165) is 85.0 Å². The van der Waals surface area contributed by atoms with Gasteiger partial charge in [-0.3, -0.25) is 0 Å². The van der Waals surface area contributed by atoms with Crippen molar-refractivity contribution in [3.05, 3.63) is 51.7 Å². The van der Waals surface area contributed by atoms with Crippen LogP contribution in [-0.2, 0) is 19.4 Å². The number of nitrogens with zero attached hydrogens (tertiary/aromatic N) is 2. The average molecular weight is 641 g/mol. The molecule has 0 amide bonds. The fourth-order valence-electron chi connectivity index (χ4n) is 8.08. The molecule has 1 aromatic heterocycles. The van der Waals surface area contributed by atoms with Gasteiger partial charge >= 0.3 is 6.18 Å². The molecule has 1 aliphatic heterocycles. The van der Waals surface area contributed by atoms with Gasteiger partial charge < -0.3 is 9.47 Å². The average Bonchev–Trinajstić information content (AvgIpc) is 3.27. The number of piperidine rings is 1. The number of aromatic nitrogens is 1. The van der Waals surface area contributed by atoms with Gasteiger partial charge in [-0.15, -0.1) is 0 Å². The summed E-state index contributed by atoms with van der Waals surface area (Å²) in [6.07, 6.45) is 17.6. The second-order valence-electron chi connectivity index (χ2n) is 14.4. The molecular weight excluding hydrogens is 577 g/mol. The van der Waals surface area contributed by atoms with Crippen LogP contribution in [0.4, 0.5) is 13.2 Å². The number of rotatable bonds is 18. The number of hydrogen-bond acceptors (Lipinski definition) is 1. The summed E-state index contributed by atoms with van der Waals surface area (Å²) >= 11 is 0. The lowest BCUT2D eigenvalue weighted by Gasteiger charge is -2.31. The molecule has 4 rings (SSSR count). The van der Waals surface area contributed by atoms with Crippen molar-refractivity contribution in [3.63, 3.8) is 0 Å². The van der Waals surface area contributed by atoms with Crippen LogP contribution in [0.25, 0.3) is 16.5 Å². The van der Waals surface area contributed by atoms with E-state index in [1.165, 1.54) is 101 Å². The van der Waals surface area contributed by atoms with Crippen LogP contribution in [0.5, 0.6) is 0 Å². The molecule has 2 fully saturated rings. The van der Waals surface area contributed by atoms with Crippen molar-refractivity contribution < 1.29 is 13.2 Å². The van der Waals surface area contributed by atoms with Crippen molar-refractivity contribution in [1.82, 2.24) is 9.47 Å². The molecule has 2 aromatic rings. The van der Waals surface area contributed by atoms with E-state index in [1.807, 2.05) is 13.0 Å². The molecule has 258 valence electrons. The van der Waals surface area contributed by atoms with E-state index in [0.29, 0.717) is 12.0 Å². The Kier molecular flexibility index (Phi) is 14.4. The minimum absolute atomic E-state index is 0.439. The van der Waals surface area contributed by atoms with Crippen LogP contribution in [0.3, 0.4) is 0 Å². The first-order valence-electron chi connectivity index (χ1n) is 19.0. The summed E-state index contributed by atoms with van der Waals surface area (Å²) in [4.78, 5) is 2.68. The van der Waals surface area contributed by atoms with E-state index in [1.54, 1.807) is 0 Å². The Hall–Kier alpha value is -2.01. The van der Waals surface area contributed by atoms with Crippen molar-refractivity contribution in [2.24, 2.45) is 5.92 Å². The molecule has 2 nitrogen and oxygen atoms in total. The first-order valence-corrected chi connectivity index (χ1v) is 19.0. The minimum Gasteiger partial charge on any atom is -0.344 e. The van der Waals surface area contributed by atoms with Gasteiger partial charge in [0.05, 0.1) is 5.57 Å². The monoisotopic (exact) mass is 640 g/mol. The highest BCUT2D eigenvalue weighted by molar-refractivity contribution is 5.99. The smallest absolute Gasteiger partial charge is 0.344 e. The predicted molar refractivity (Wildman–Crippen MR) is 192 cm³/mol. The molecule has 0 atom stereocenters. The Bertz CT molecular complexity index is 1300. The van der Waals surface area contributed by atoms with Gasteiger partial charge in [-0.05, 0) is 132 Å². The van der Waals surface area contributed by atoms with Crippen molar-refractivity contribution in [1.29, 1.82) is 0 Å². The summed E-state index contributed by atoms with van der Waals surface area (Å²) in [5.74, 6) is 0.964. The fraction of sp³-hybridized carbons (Fsp3) is 0.707. The zero-order valence-corrected chi connectivity index (χ0v) is 29.9. The van der Waals surface area contributed by atoms with Crippen LogP contribution in [0.15, 0.2) is 29.4 Å². The summed E-state index contributed by atoms with van der Waals surface area (Å²) in [6.45, 7) is 15.2. The van der Waals surface area contributed by atoms with Gasteiger partial charge in [-0.2, -0.15) is 13.2 Å². The van der Waals surface area contributed by atoms with E-state index >= 15 is 0 Å². The number of halogens is 3. The maximum atomic E-state index is 14.9. The lowest BCUT2D eigenvalue weighted by atomic mass is 9.85. The number of allylic oxidation sites excluding steroid dienone is 4. The molecule has 0 bridgehead atoms. The second kappa shape index (κ2) is 17.9. The maximum Gasteiger partial charge on any atom is 0.417 e. The molecule has 2 aliphatic rings. The van der Waals surface area contributed by atoms with Crippen LogP contribution >= 0.6 is 0 Å². The third-order valence-electron chi connectivity index (χ3n) is 11.0. The van der Waals surface area contributed by atoms with E-state index < -0.39 is 11.7 Å². The second-order valence-corrected chi connectivity index (χ2v) is 14.4. The van der Waals surface area contributed by atoms with Crippen LogP contribution in [0.1, 0.15) is 153 Å². The Morgan fingerprint density at radius 1 is 0.870 bits per heavy atom. The molecule has 1 aromatic carbocycles. The third-order valence-corrected chi connectivity index (χ3v) is 11.0. The predicted octanol–water partition coefficient (Wildman–Crippen LogP) is 12.5. The van der Waals surface area contributed by atoms with Crippen LogP contribution in [0.2, 0.25) is 0 Å². The zero-order chi connectivity index (χ0) is 33.1. The van der Waals surface area contributed by atoms with Crippen LogP contribution in [0, 0.1) is 12.8 Å². The molecule has 0 radical (unpaired) electrons. The van der Waals surface area contributed by atoms with Gasteiger partial charge in [0, 0.05) is 23.1 Å². The number of likely N-dealkylation sites (tertiary alicyclic amines) is 1. The summed E-state index contributed by atoms with van der Waals surface area (Å²) < 4.78 is 47.2. The topological polar surface area (TPSA) is 8.17 Å². The van der Waals surface area contributed by atoms with Gasteiger partial charge in [0.2, 0.25) is 0 Å². The van der Waals surface area contributed by atoms with E-state index in [9.17, 15) is 13.2 Å². The Balaban J connectivity index is 1.41. The summed E-state index contributed by atoms with van der Waals surface area (Å²) in [5, 5.41) is 0.829. The van der Waals surface area contributed by atoms with E-state index in [-0.39, 0.29) is 0 Å². The number of aryl methyl sites for hydroxylation is 3. The van der Waals surface area contributed by atoms with Gasteiger partial charge in [-0.1, -0.05) is 89.4 Å². The van der Waals surface area contributed by atoms with Crippen molar-refractivity contribution >= 4 is 16.5 Å². The normalized spacial score (nSPS) is 16.9. The molecule has 0 unspecified atom stereocenters. The number of unbranched alkanes of at least 4 members (excludes halogenated alkanes) is 7. The van der Waals surface area contributed by atoms with E-state index in [2.05, 4.69) is 43.2 Å². The van der Waals surface area contributed by atoms with Crippen molar-refractivity contribution in [2.45, 2.75) is 163 Å². The lowest BCUT2D eigenvalue weighted by Crippen LogP contribution is -2.34. The number of fused-ring (bicyclic) bond motifs is 1. The molecule has 1 saturated carbocycles. The first kappa shape index (κ1) is 36.8. The summed E-state index contributed by atoms with van der Waals surface area (Å²) in [6, 6.07) is 4.12. The molecule has 0 spiro atoms. The molecular formula is C41H63F3N2. The Morgan fingerprint density at radius 3 is 2.09 bits per heavy atom. The SMILES string of the molecule is CCCCc1ccc2c(c(C)c(CC)n2CCCCCCCCCN2CCC(CCC)CC2)c1/C(=C\C(C)=C1CCC1)C(F)(F)F. The molecule has 2 heterocycles. The van der Waals surface area contributed by atoms with Gasteiger partial charge in [0.15, 0.2) is 0 Å². The standard InChI is InChI=1S/C41H63F3N2/c1-6-9-19-35-22-23-38-39(40(35)36(41(42,43)44)30-31(4)34-20-17-21-34)32(5)37(8-3)46(38)27-16-14-12-10-11-13-15-26-45-28-24-33(18-7-2)25-29-45/h22-23,30,33H,6-21,24-29H2,1-5H3/b36-30+. The van der Waals surface area contributed by atoms with Gasteiger partial charge in [0.1, 0.15) is 0 Å². The highest BCUT2D eigenvalue weighted by Crippen LogP contribution is 2.44. The van der Waals surface area contributed by atoms with Gasteiger partial charge in [-0.25, -0.2) is 0 Å². The maximum absolute atomic E-state index is 14.9. The highest BCUT2D eigenvalue weighted by Gasteiger charge is 2.38. The largest absolute Gasteiger partial charge is 0.417 e. The molecule has 1 saturated heterocycles. The summed E-state index contributed by atoms with van der Waals surface area (Å²) in [5.41, 5.74) is 6.01. The number of benzene rings is 1. The molecule has 1 aliphatic carbocycles. The van der Waals surface area contributed by atoms with E-state index in [4.69, 9.17) is 0 Å². The van der Waals surface area contributed by atoms with Crippen molar-refractivity contribution in [2.75, 3.05) is 19.6 Å². The quantitative estimate of drug-likeness (QED) is 0.147. The van der Waals surface area contributed by atoms with Crippen molar-refractivity contribution in [3.8, 4) is 0 Å². The fourth-order valence-corrected chi connectivity index (χ4v) is 8.08. The van der Waals surface area contributed by atoms with Crippen LogP contribution in [-0.4, -0.2) is 35.3 Å². The van der Waals surface area contributed by atoms with Gasteiger partial charge in [0.25, 0.3) is 0 Å². The first-order chi connectivity index (χ1) is 22.2. The zero-order valence-electron chi connectivity index (χ0n) is 29.9. The Morgan fingerprint density at radius 2 is 1.52 bits per heavy atom. The minimum atomic E-state index is -4.41.